The lowest BCUT2D eigenvalue weighted by Crippen LogP contribution is -2.48. The van der Waals surface area contributed by atoms with Crippen LogP contribution in [-0.4, -0.2) is 60.0 Å². The van der Waals surface area contributed by atoms with Gasteiger partial charge in [0.1, 0.15) is 5.82 Å². The first kappa shape index (κ1) is 13.1. The minimum Gasteiger partial charge on any atom is -0.356 e. The van der Waals surface area contributed by atoms with Gasteiger partial charge in [-0.15, -0.1) is 0 Å². The Labute approximate surface area is 119 Å². The van der Waals surface area contributed by atoms with Crippen molar-refractivity contribution in [2.45, 2.75) is 19.8 Å². The predicted octanol–water partition coefficient (Wildman–Crippen LogP) is 0.745. The van der Waals surface area contributed by atoms with Gasteiger partial charge >= 0.3 is 0 Å². The van der Waals surface area contributed by atoms with Gasteiger partial charge in [0.05, 0.1) is 0 Å². The number of nitrogens with zero attached hydrogens (tertiary/aromatic N) is 5. The zero-order valence-corrected chi connectivity index (χ0v) is 12.0. The summed E-state index contributed by atoms with van der Waals surface area (Å²) in [5.41, 5.74) is 0. The first-order valence-electron chi connectivity index (χ1n) is 7.32. The number of aromatic nitrogens is 2. The van der Waals surface area contributed by atoms with E-state index in [0.717, 1.165) is 51.0 Å². The monoisotopic (exact) mass is 275 g/mol. The van der Waals surface area contributed by atoms with E-state index >= 15 is 0 Å². The molecule has 2 aliphatic rings. The lowest BCUT2D eigenvalue weighted by molar-refractivity contribution is -0.129. The van der Waals surface area contributed by atoms with E-state index in [0.29, 0.717) is 0 Å². The molecule has 0 unspecified atom stereocenters. The molecule has 2 aliphatic heterocycles. The molecule has 0 saturated carbocycles. The highest BCUT2D eigenvalue weighted by Crippen LogP contribution is 2.20. The smallest absolute Gasteiger partial charge is 0.227 e. The van der Waals surface area contributed by atoms with Crippen LogP contribution >= 0.6 is 0 Å². The molecule has 2 fully saturated rings. The average molecular weight is 275 g/mol. The van der Waals surface area contributed by atoms with E-state index in [1.807, 2.05) is 17.2 Å². The number of hydrogen-bond acceptors (Lipinski definition) is 5. The molecule has 20 heavy (non-hydrogen) atoms. The fraction of sp³-hybridized carbons (Fsp3) is 0.643. The van der Waals surface area contributed by atoms with Crippen LogP contribution in [0.25, 0.3) is 0 Å². The summed E-state index contributed by atoms with van der Waals surface area (Å²) in [4.78, 5) is 26.8. The highest BCUT2D eigenvalue weighted by molar-refractivity contribution is 5.73. The van der Waals surface area contributed by atoms with Crippen molar-refractivity contribution in [3.8, 4) is 0 Å². The summed E-state index contributed by atoms with van der Waals surface area (Å²) in [6.07, 6.45) is 4.33. The number of carbonyl (C=O) groups excluding carboxylic acids is 1. The van der Waals surface area contributed by atoms with Crippen molar-refractivity contribution in [2.75, 3.05) is 49.1 Å². The van der Waals surface area contributed by atoms with Crippen molar-refractivity contribution < 1.29 is 4.79 Å². The zero-order chi connectivity index (χ0) is 13.9. The summed E-state index contributed by atoms with van der Waals surface area (Å²) in [5.74, 6) is 1.97. The van der Waals surface area contributed by atoms with Crippen molar-refractivity contribution in [1.29, 1.82) is 0 Å². The standard InChI is InChI=1S/C14H21N5O/c1-12(20)17-8-10-19(11-9-17)14-15-5-4-13(16-14)18-6-2-3-7-18/h4-5H,2-3,6-11H2,1H3. The normalized spacial score (nSPS) is 19.6. The van der Waals surface area contributed by atoms with Crippen LogP contribution in [0.2, 0.25) is 0 Å². The molecular weight excluding hydrogens is 254 g/mol. The van der Waals surface area contributed by atoms with Gasteiger partial charge in [-0.05, 0) is 18.9 Å². The predicted molar refractivity (Wildman–Crippen MR) is 77.9 cm³/mol. The first-order chi connectivity index (χ1) is 9.74. The highest BCUT2D eigenvalue weighted by atomic mass is 16.2. The van der Waals surface area contributed by atoms with Gasteiger partial charge in [0, 0.05) is 52.4 Å². The molecule has 0 aromatic carbocycles. The number of amides is 1. The van der Waals surface area contributed by atoms with E-state index < -0.39 is 0 Å². The van der Waals surface area contributed by atoms with Crippen LogP contribution in [0.5, 0.6) is 0 Å². The maximum Gasteiger partial charge on any atom is 0.227 e. The number of anilines is 2. The second kappa shape index (κ2) is 5.64. The molecule has 0 spiro atoms. The minimum atomic E-state index is 0.149. The van der Waals surface area contributed by atoms with E-state index in [1.165, 1.54) is 12.8 Å². The molecule has 6 nitrogen and oxygen atoms in total. The van der Waals surface area contributed by atoms with Crippen LogP contribution in [0.4, 0.5) is 11.8 Å². The topological polar surface area (TPSA) is 52.6 Å². The summed E-state index contributed by atoms with van der Waals surface area (Å²) < 4.78 is 0. The lowest BCUT2D eigenvalue weighted by Gasteiger charge is -2.34. The number of carbonyl (C=O) groups is 1. The van der Waals surface area contributed by atoms with E-state index in [-0.39, 0.29) is 5.91 Å². The fourth-order valence-corrected chi connectivity index (χ4v) is 2.84. The van der Waals surface area contributed by atoms with Gasteiger partial charge < -0.3 is 14.7 Å². The van der Waals surface area contributed by atoms with Gasteiger partial charge in [-0.2, -0.15) is 4.98 Å². The molecule has 0 bridgehead atoms. The van der Waals surface area contributed by atoms with Gasteiger partial charge in [-0.25, -0.2) is 4.98 Å². The van der Waals surface area contributed by atoms with Gasteiger partial charge in [-0.3, -0.25) is 4.79 Å². The van der Waals surface area contributed by atoms with Crippen molar-refractivity contribution in [1.82, 2.24) is 14.9 Å². The molecule has 1 aromatic heterocycles. The van der Waals surface area contributed by atoms with Gasteiger partial charge in [-0.1, -0.05) is 0 Å². The van der Waals surface area contributed by atoms with Crippen LogP contribution in [0, 0.1) is 0 Å². The molecule has 3 rings (SSSR count). The minimum absolute atomic E-state index is 0.149. The fourth-order valence-electron chi connectivity index (χ4n) is 2.84. The van der Waals surface area contributed by atoms with E-state index in [1.54, 1.807) is 6.92 Å². The molecule has 0 aliphatic carbocycles. The Kier molecular flexibility index (Phi) is 3.71. The number of rotatable bonds is 2. The van der Waals surface area contributed by atoms with Crippen molar-refractivity contribution in [3.05, 3.63) is 12.3 Å². The Morgan fingerprint density at radius 3 is 2.40 bits per heavy atom. The number of piperazine rings is 1. The number of hydrogen-bond donors (Lipinski definition) is 0. The van der Waals surface area contributed by atoms with Crippen molar-refractivity contribution in [3.63, 3.8) is 0 Å². The summed E-state index contributed by atoms with van der Waals surface area (Å²) in [7, 11) is 0. The quantitative estimate of drug-likeness (QED) is 0.797. The van der Waals surface area contributed by atoms with Crippen LogP contribution in [-0.2, 0) is 4.79 Å². The van der Waals surface area contributed by atoms with Crippen LogP contribution < -0.4 is 9.80 Å². The Balaban J connectivity index is 1.68. The molecule has 3 heterocycles. The molecule has 0 radical (unpaired) electrons. The van der Waals surface area contributed by atoms with E-state index in [4.69, 9.17) is 0 Å². The van der Waals surface area contributed by atoms with Gasteiger partial charge in [0.15, 0.2) is 0 Å². The molecule has 1 amide bonds. The second-order valence-electron chi connectivity index (χ2n) is 5.40. The van der Waals surface area contributed by atoms with Gasteiger partial charge in [0.2, 0.25) is 11.9 Å². The molecule has 1 aromatic rings. The zero-order valence-electron chi connectivity index (χ0n) is 12.0. The van der Waals surface area contributed by atoms with E-state index in [9.17, 15) is 4.79 Å². The maximum absolute atomic E-state index is 11.3. The lowest BCUT2D eigenvalue weighted by atomic mass is 10.3. The molecular formula is C14H21N5O. The highest BCUT2D eigenvalue weighted by Gasteiger charge is 2.21. The van der Waals surface area contributed by atoms with Crippen LogP contribution in [0.3, 0.4) is 0 Å². The van der Waals surface area contributed by atoms with Gasteiger partial charge in [0.25, 0.3) is 0 Å². The molecule has 108 valence electrons. The third-order valence-corrected chi connectivity index (χ3v) is 4.07. The summed E-state index contributed by atoms with van der Waals surface area (Å²) in [5, 5.41) is 0. The molecule has 6 heteroatoms. The Bertz CT molecular complexity index is 478. The largest absolute Gasteiger partial charge is 0.356 e. The Morgan fingerprint density at radius 1 is 1.05 bits per heavy atom. The summed E-state index contributed by atoms with van der Waals surface area (Å²) >= 11 is 0. The SMILES string of the molecule is CC(=O)N1CCN(c2nccc(N3CCCC3)n2)CC1. The third kappa shape index (κ3) is 2.69. The Morgan fingerprint density at radius 2 is 1.75 bits per heavy atom. The Hall–Kier alpha value is -1.85. The third-order valence-electron chi connectivity index (χ3n) is 4.07. The second-order valence-corrected chi connectivity index (χ2v) is 5.40. The van der Waals surface area contributed by atoms with E-state index in [2.05, 4.69) is 19.8 Å². The average Bonchev–Trinajstić information content (AvgIpc) is 3.02. The molecule has 2 saturated heterocycles. The van der Waals surface area contributed by atoms with Crippen LogP contribution in [0.15, 0.2) is 12.3 Å². The summed E-state index contributed by atoms with van der Waals surface area (Å²) in [6, 6.07) is 1.99. The van der Waals surface area contributed by atoms with Crippen LogP contribution in [0.1, 0.15) is 19.8 Å². The van der Waals surface area contributed by atoms with Crippen molar-refractivity contribution >= 4 is 17.7 Å². The maximum atomic E-state index is 11.3. The molecule has 0 N–H and O–H groups in total. The van der Waals surface area contributed by atoms with Crippen molar-refractivity contribution in [2.24, 2.45) is 0 Å². The summed E-state index contributed by atoms with van der Waals surface area (Å²) in [6.45, 7) is 6.94. The molecule has 0 atom stereocenters. The first-order valence-corrected chi connectivity index (χ1v) is 7.32.